The Bertz CT molecular complexity index is 443. The Morgan fingerprint density at radius 2 is 2.21 bits per heavy atom. The van der Waals surface area contributed by atoms with Gasteiger partial charge in [-0.05, 0) is 31.1 Å². The summed E-state index contributed by atoms with van der Waals surface area (Å²) in [6.07, 6.45) is 5.58. The second-order valence-electron chi connectivity index (χ2n) is 6.49. The monoisotopic (exact) mass is 263 g/mol. The molecule has 1 saturated carbocycles. The Balaban J connectivity index is 1.80. The predicted octanol–water partition coefficient (Wildman–Crippen LogP) is 1.25. The molecule has 3 rings (SSSR count). The van der Waals surface area contributed by atoms with Crippen LogP contribution in [-0.4, -0.2) is 38.3 Å². The van der Waals surface area contributed by atoms with Gasteiger partial charge in [-0.15, -0.1) is 10.2 Å². The summed E-state index contributed by atoms with van der Waals surface area (Å²) in [5.74, 6) is 2.68. The van der Waals surface area contributed by atoms with Crippen LogP contribution in [0.4, 0.5) is 0 Å². The van der Waals surface area contributed by atoms with Gasteiger partial charge >= 0.3 is 0 Å². The summed E-state index contributed by atoms with van der Waals surface area (Å²) in [6, 6.07) is 0. The summed E-state index contributed by atoms with van der Waals surface area (Å²) in [5.41, 5.74) is 6.37. The number of fused-ring (bicyclic) bond motifs is 1. The second kappa shape index (κ2) is 4.87. The highest BCUT2D eigenvalue weighted by molar-refractivity contribution is 5.01. The molecule has 106 valence electrons. The molecular weight excluding hydrogens is 238 g/mol. The van der Waals surface area contributed by atoms with Crippen LogP contribution in [0.2, 0.25) is 0 Å². The molecule has 3 unspecified atom stereocenters. The maximum Gasteiger partial charge on any atom is 0.147 e. The second-order valence-corrected chi connectivity index (χ2v) is 6.49. The fourth-order valence-electron chi connectivity index (χ4n) is 3.76. The van der Waals surface area contributed by atoms with Crippen molar-refractivity contribution in [1.29, 1.82) is 0 Å². The van der Waals surface area contributed by atoms with Crippen LogP contribution >= 0.6 is 0 Å². The lowest BCUT2D eigenvalue weighted by atomic mass is 9.70. The molecule has 0 radical (unpaired) electrons. The average molecular weight is 263 g/mol. The number of nitrogens with zero attached hydrogens (tertiary/aromatic N) is 4. The maximum atomic E-state index is 6.19. The van der Waals surface area contributed by atoms with Gasteiger partial charge in [0.1, 0.15) is 12.2 Å². The molecule has 3 atom stereocenters. The molecular formula is C14H25N5. The third-order valence-electron chi connectivity index (χ3n) is 5.43. The van der Waals surface area contributed by atoms with Crippen molar-refractivity contribution in [2.75, 3.05) is 13.1 Å². The first-order chi connectivity index (χ1) is 9.14. The van der Waals surface area contributed by atoms with Gasteiger partial charge in [0.2, 0.25) is 0 Å². The Morgan fingerprint density at radius 3 is 2.95 bits per heavy atom. The van der Waals surface area contributed by atoms with Gasteiger partial charge in [-0.2, -0.15) is 0 Å². The number of nitrogens with two attached hydrogens (primary N) is 1. The van der Waals surface area contributed by atoms with E-state index in [2.05, 4.69) is 33.5 Å². The van der Waals surface area contributed by atoms with E-state index in [1.807, 2.05) is 6.33 Å². The van der Waals surface area contributed by atoms with Crippen LogP contribution in [0.15, 0.2) is 6.33 Å². The average Bonchev–Trinajstić information content (AvgIpc) is 2.89. The van der Waals surface area contributed by atoms with Crippen molar-refractivity contribution < 1.29 is 0 Å². The van der Waals surface area contributed by atoms with E-state index in [-0.39, 0.29) is 5.54 Å². The largest absolute Gasteiger partial charge is 0.329 e. The van der Waals surface area contributed by atoms with E-state index in [0.29, 0.717) is 0 Å². The van der Waals surface area contributed by atoms with Crippen LogP contribution in [0.3, 0.4) is 0 Å². The standard InChI is InChI=1S/C14H25N5/c1-11-3-4-14(9-15,7-12(11)2)19-6-5-18-10-16-17-13(18)8-19/h10-12H,3-9,15H2,1-2H3. The maximum absolute atomic E-state index is 6.19. The number of hydrogen-bond donors (Lipinski definition) is 1. The molecule has 2 heterocycles. The molecule has 0 saturated heterocycles. The fraction of sp³-hybridized carbons (Fsp3) is 0.857. The van der Waals surface area contributed by atoms with Crippen LogP contribution in [0.25, 0.3) is 0 Å². The van der Waals surface area contributed by atoms with Gasteiger partial charge in [0.15, 0.2) is 0 Å². The molecule has 0 aromatic carbocycles. The van der Waals surface area contributed by atoms with Crippen LogP contribution < -0.4 is 5.73 Å². The van der Waals surface area contributed by atoms with Crippen LogP contribution in [0.1, 0.15) is 38.9 Å². The van der Waals surface area contributed by atoms with Crippen molar-refractivity contribution in [1.82, 2.24) is 19.7 Å². The zero-order valence-electron chi connectivity index (χ0n) is 12.0. The molecule has 0 spiro atoms. The third kappa shape index (κ3) is 2.19. The zero-order chi connectivity index (χ0) is 13.5. The molecule has 1 aromatic heterocycles. The van der Waals surface area contributed by atoms with Crippen molar-refractivity contribution in [2.24, 2.45) is 17.6 Å². The zero-order valence-corrected chi connectivity index (χ0v) is 12.0. The van der Waals surface area contributed by atoms with E-state index < -0.39 is 0 Å². The van der Waals surface area contributed by atoms with Gasteiger partial charge in [0.25, 0.3) is 0 Å². The van der Waals surface area contributed by atoms with Gasteiger partial charge in [0, 0.05) is 25.2 Å². The minimum atomic E-state index is 0.184. The molecule has 19 heavy (non-hydrogen) atoms. The lowest BCUT2D eigenvalue weighted by molar-refractivity contribution is 0.00193. The quantitative estimate of drug-likeness (QED) is 0.872. The Hall–Kier alpha value is -0.940. The summed E-state index contributed by atoms with van der Waals surface area (Å²) in [4.78, 5) is 2.57. The van der Waals surface area contributed by atoms with Crippen LogP contribution in [0.5, 0.6) is 0 Å². The molecule has 0 bridgehead atoms. The van der Waals surface area contributed by atoms with E-state index >= 15 is 0 Å². The predicted molar refractivity (Wildman–Crippen MR) is 74.4 cm³/mol. The number of rotatable bonds is 2. The van der Waals surface area contributed by atoms with Gasteiger partial charge in [0.05, 0.1) is 6.54 Å². The Morgan fingerprint density at radius 1 is 1.37 bits per heavy atom. The van der Waals surface area contributed by atoms with Gasteiger partial charge in [-0.3, -0.25) is 4.90 Å². The molecule has 0 amide bonds. The molecule has 2 N–H and O–H groups in total. The third-order valence-corrected chi connectivity index (χ3v) is 5.43. The summed E-state index contributed by atoms with van der Waals surface area (Å²) < 4.78 is 2.16. The van der Waals surface area contributed by atoms with Crippen LogP contribution in [-0.2, 0) is 13.1 Å². The summed E-state index contributed by atoms with van der Waals surface area (Å²) in [6.45, 7) is 8.48. The topological polar surface area (TPSA) is 60.0 Å². The molecule has 5 heteroatoms. The van der Waals surface area contributed by atoms with Crippen molar-refractivity contribution in [2.45, 2.75) is 51.7 Å². The van der Waals surface area contributed by atoms with Crippen molar-refractivity contribution >= 4 is 0 Å². The number of aromatic nitrogens is 3. The molecule has 2 aliphatic rings. The first-order valence-electron chi connectivity index (χ1n) is 7.46. The minimum Gasteiger partial charge on any atom is -0.329 e. The van der Waals surface area contributed by atoms with E-state index in [1.165, 1.54) is 19.3 Å². The van der Waals surface area contributed by atoms with Crippen molar-refractivity contribution in [3.63, 3.8) is 0 Å². The smallest absolute Gasteiger partial charge is 0.147 e. The molecule has 1 aromatic rings. The molecule has 1 aliphatic heterocycles. The molecule has 1 aliphatic carbocycles. The summed E-state index contributed by atoms with van der Waals surface area (Å²) in [7, 11) is 0. The fourth-order valence-corrected chi connectivity index (χ4v) is 3.76. The lowest BCUT2D eigenvalue weighted by Crippen LogP contribution is -2.58. The highest BCUT2D eigenvalue weighted by Crippen LogP contribution is 2.40. The highest BCUT2D eigenvalue weighted by Gasteiger charge is 2.42. The van der Waals surface area contributed by atoms with Crippen LogP contribution in [0, 0.1) is 11.8 Å². The Kier molecular flexibility index (Phi) is 3.35. The summed E-state index contributed by atoms with van der Waals surface area (Å²) in [5, 5.41) is 8.25. The Labute approximate surface area is 115 Å². The van der Waals surface area contributed by atoms with Crippen molar-refractivity contribution in [3.8, 4) is 0 Å². The van der Waals surface area contributed by atoms with Gasteiger partial charge < -0.3 is 10.3 Å². The lowest BCUT2D eigenvalue weighted by Gasteiger charge is -2.50. The van der Waals surface area contributed by atoms with E-state index in [4.69, 9.17) is 5.73 Å². The normalized spacial score (nSPS) is 36.2. The van der Waals surface area contributed by atoms with Gasteiger partial charge in [-0.25, -0.2) is 0 Å². The SMILES string of the molecule is CC1CCC(CN)(N2CCn3cnnc3C2)CC1C. The first kappa shape index (κ1) is 13.1. The highest BCUT2D eigenvalue weighted by atomic mass is 15.3. The van der Waals surface area contributed by atoms with E-state index in [0.717, 1.165) is 43.8 Å². The first-order valence-corrected chi connectivity index (χ1v) is 7.46. The minimum absolute atomic E-state index is 0.184. The molecule has 1 fully saturated rings. The van der Waals surface area contributed by atoms with Crippen molar-refractivity contribution in [3.05, 3.63) is 12.2 Å². The molecule has 5 nitrogen and oxygen atoms in total. The van der Waals surface area contributed by atoms with E-state index in [9.17, 15) is 0 Å². The van der Waals surface area contributed by atoms with E-state index in [1.54, 1.807) is 0 Å². The summed E-state index contributed by atoms with van der Waals surface area (Å²) >= 11 is 0. The van der Waals surface area contributed by atoms with Gasteiger partial charge in [-0.1, -0.05) is 13.8 Å². The number of hydrogen-bond acceptors (Lipinski definition) is 4.